The van der Waals surface area contributed by atoms with Gasteiger partial charge in [0.15, 0.2) is 86.8 Å². The van der Waals surface area contributed by atoms with Crippen molar-refractivity contribution in [3.8, 4) is 0 Å². The monoisotopic (exact) mass is 1600 g/mol. The molecule has 0 aliphatic carbocycles. The molecule has 49 heteroatoms. The highest BCUT2D eigenvalue weighted by atomic mass is 16.8. The van der Waals surface area contributed by atoms with Gasteiger partial charge < -0.3 is 160 Å². The molecule has 35 atom stereocenters. The van der Waals surface area contributed by atoms with E-state index in [4.69, 9.17) is 114 Å². The van der Waals surface area contributed by atoms with E-state index in [1.807, 2.05) is 0 Å². The molecule has 111 heavy (non-hydrogen) atoms. The lowest BCUT2D eigenvalue weighted by Gasteiger charge is -2.51. The van der Waals surface area contributed by atoms with Crippen LogP contribution < -0.4 is 0 Å². The molecule has 0 aromatic heterocycles. The van der Waals surface area contributed by atoms with Crippen LogP contribution in [0.5, 0.6) is 0 Å². The predicted molar refractivity (Wildman–Crippen MR) is 338 cm³/mol. The van der Waals surface area contributed by atoms with Crippen molar-refractivity contribution in [2.24, 2.45) is 10.2 Å². The molecule has 21 aliphatic rings. The summed E-state index contributed by atoms with van der Waals surface area (Å²) in [5.41, 5.74) is 19.3. The first-order valence-corrected chi connectivity index (χ1v) is 34.3. The lowest BCUT2D eigenvalue weighted by atomic mass is 9.94. The minimum Gasteiger partial charge on any atom is -0.463 e. The molecule has 14 bridgehead atoms. The summed E-state index contributed by atoms with van der Waals surface area (Å²) in [5, 5.41) is 114. The van der Waals surface area contributed by atoms with Crippen LogP contribution in [0.4, 0.5) is 0 Å². The Hall–Kier alpha value is -7.60. The second kappa shape index (κ2) is 39.9. The van der Waals surface area contributed by atoms with Gasteiger partial charge in [-0.15, -0.1) is 0 Å². The smallest absolute Gasteiger partial charge is 0.303 e. The van der Waals surface area contributed by atoms with Gasteiger partial charge in [0.1, 0.15) is 136 Å². The third-order valence-corrected chi connectivity index (χ3v) is 17.8. The number of ether oxygens (including phenoxy) is 24. The van der Waals surface area contributed by atoms with Crippen molar-refractivity contribution < 1.29 is 208 Å². The normalized spacial score (nSPS) is 41.1. The van der Waals surface area contributed by atoms with Crippen molar-refractivity contribution in [1.82, 2.24) is 0 Å². The average Bonchev–Trinajstić information content (AvgIpc) is 0.781. The van der Waals surface area contributed by atoms with Gasteiger partial charge in [0, 0.05) is 79.1 Å². The summed E-state index contributed by atoms with van der Waals surface area (Å²) in [5.74, 6) is -11.6. The number of esters is 10. The number of carbonyl (C=O) groups is 10. The fourth-order valence-corrected chi connectivity index (χ4v) is 13.3. The molecule has 21 saturated heterocycles. The van der Waals surface area contributed by atoms with Crippen LogP contribution in [0.1, 0.15) is 69.2 Å². The number of carbonyl (C=O) groups excluding carboxylic acids is 10. The van der Waals surface area contributed by atoms with Gasteiger partial charge in [0.25, 0.3) is 0 Å². The summed E-state index contributed by atoms with van der Waals surface area (Å²) >= 11 is 0. The molecule has 21 heterocycles. The highest BCUT2D eigenvalue weighted by Gasteiger charge is 2.63. The molecular formula is C62H88N6O43. The topological polar surface area (TPSA) is 672 Å². The Morgan fingerprint density at radius 1 is 0.270 bits per heavy atom. The summed E-state index contributed by atoms with van der Waals surface area (Å²) in [7, 11) is 0. The first kappa shape index (κ1) is 89.0. The van der Waals surface area contributed by atoms with Gasteiger partial charge in [0.2, 0.25) is 0 Å². The zero-order valence-electron chi connectivity index (χ0n) is 60.7. The summed E-state index contributed by atoms with van der Waals surface area (Å²) in [6.07, 6.45) is -76.3. The maximum atomic E-state index is 13.5. The summed E-state index contributed by atoms with van der Waals surface area (Å²) < 4.78 is 142. The molecular weight excluding hydrogens is 1520 g/mol. The van der Waals surface area contributed by atoms with E-state index in [9.17, 15) is 105 Å². The van der Waals surface area contributed by atoms with Gasteiger partial charge in [-0.1, -0.05) is 10.2 Å². The molecule has 49 nitrogen and oxygen atoms in total. The summed E-state index contributed by atoms with van der Waals surface area (Å²) in [6, 6.07) is 0. The van der Waals surface area contributed by atoms with Gasteiger partial charge in [0.05, 0.1) is 38.5 Å². The van der Waals surface area contributed by atoms with E-state index < -0.39 is 321 Å². The minimum atomic E-state index is -2.43. The zero-order valence-corrected chi connectivity index (χ0v) is 60.7. The molecule has 0 spiro atoms. The second-order valence-corrected chi connectivity index (χ2v) is 26.1. The Balaban J connectivity index is 1.31. The summed E-state index contributed by atoms with van der Waals surface area (Å²) in [4.78, 5) is 136. The first-order valence-electron chi connectivity index (χ1n) is 34.3. The Morgan fingerprint density at radius 2 is 0.486 bits per heavy atom. The molecule has 21 rings (SSSR count). The number of nitrogens with zero attached hydrogens (tertiary/aromatic N) is 6. The molecule has 0 aromatic carbocycles. The van der Waals surface area contributed by atoms with E-state index in [0.717, 1.165) is 69.2 Å². The zero-order chi connectivity index (χ0) is 81.7. The number of azide groups is 2. The van der Waals surface area contributed by atoms with Crippen LogP contribution in [0, 0.1) is 0 Å². The van der Waals surface area contributed by atoms with Gasteiger partial charge in [-0.05, 0) is 11.1 Å². The molecule has 9 N–H and O–H groups in total. The fourth-order valence-electron chi connectivity index (χ4n) is 13.3. The Morgan fingerprint density at radius 3 is 0.793 bits per heavy atom. The standard InChI is InChI=1S/C62H88N6O43/c1-18(71)88-15-32-43-36(82)40(86)58(103-32)109-47-30(13-69)101-62(55(97-27(10)80)51(47)93-23(6)76)110-46-29(12-66-68-64)99-60(53(95-25(8)78)50(46)92-22(5)75)111-48-31(14-70)100-61(54(96-26(9)79)52(48)94-24(7)77)108-45-34(17-90-20(3)73)104-59(49(41(45)87)91-21(4)74)107-44-33(16-89-19(2)72)102-57(39(85)37(44)83)105-42-28(11-65-67-63)98-56(106-43)38(84)35(42)81/h28-62,69-70,81-87H,11-17H2,1-10H3/t28?,29?,30?,31?,32?,33?,34?,35-,36?,37-,38?,39?,40+,41?,42-,43-,44-,45-,46-,47-,48-,49+,50?,51+,52?,53+,54+,55?,56-,57-,58+,59-,60+,61-,62?/m1/s1. The number of aliphatic hydroxyl groups is 9. The van der Waals surface area contributed by atoms with Gasteiger partial charge >= 0.3 is 59.7 Å². The van der Waals surface area contributed by atoms with E-state index >= 15 is 0 Å². The number of hydrogen-bond acceptors (Lipinski definition) is 45. The lowest BCUT2D eigenvalue weighted by molar-refractivity contribution is -0.395. The predicted octanol–water partition coefficient (Wildman–Crippen LogP) is -6.89. The van der Waals surface area contributed by atoms with E-state index in [-0.39, 0.29) is 0 Å². The Bertz CT molecular complexity index is 3350. The van der Waals surface area contributed by atoms with E-state index in [1.54, 1.807) is 0 Å². The molecule has 21 aliphatic heterocycles. The van der Waals surface area contributed by atoms with Crippen molar-refractivity contribution >= 4 is 59.7 Å². The van der Waals surface area contributed by atoms with Gasteiger partial charge in [-0.25, -0.2) is 0 Å². The van der Waals surface area contributed by atoms with Crippen LogP contribution in [0.15, 0.2) is 10.2 Å². The fraction of sp³-hybridized carbons (Fsp3) is 0.839. The molecule has 0 saturated carbocycles. The highest BCUT2D eigenvalue weighted by molar-refractivity contribution is 5.70. The van der Waals surface area contributed by atoms with Crippen molar-refractivity contribution in [1.29, 1.82) is 0 Å². The van der Waals surface area contributed by atoms with Crippen LogP contribution in [0.25, 0.3) is 20.9 Å². The van der Waals surface area contributed by atoms with E-state index in [2.05, 4.69) is 20.1 Å². The van der Waals surface area contributed by atoms with Crippen LogP contribution in [-0.2, 0) is 162 Å². The van der Waals surface area contributed by atoms with Crippen molar-refractivity contribution in [2.75, 3.05) is 46.1 Å². The number of hydrogen-bond donors (Lipinski definition) is 9. The van der Waals surface area contributed by atoms with Crippen molar-refractivity contribution in [2.45, 2.75) is 284 Å². The lowest BCUT2D eigenvalue weighted by Crippen LogP contribution is -2.70. The number of rotatable bonds is 19. The van der Waals surface area contributed by atoms with Crippen LogP contribution in [0.2, 0.25) is 0 Å². The maximum Gasteiger partial charge on any atom is 0.303 e. The van der Waals surface area contributed by atoms with E-state index in [0.29, 0.717) is 0 Å². The molecule has 21 fully saturated rings. The highest BCUT2D eigenvalue weighted by Crippen LogP contribution is 2.42. The van der Waals surface area contributed by atoms with E-state index in [1.165, 1.54) is 0 Å². The minimum absolute atomic E-state index is 0.834. The molecule has 15 unspecified atom stereocenters. The maximum absolute atomic E-state index is 13.5. The van der Waals surface area contributed by atoms with Crippen LogP contribution in [-0.4, -0.2) is 367 Å². The third-order valence-electron chi connectivity index (χ3n) is 17.8. The largest absolute Gasteiger partial charge is 0.463 e. The number of aliphatic hydroxyl groups excluding tert-OH is 9. The van der Waals surface area contributed by atoms with Crippen LogP contribution in [0.3, 0.4) is 0 Å². The summed E-state index contributed by atoms with van der Waals surface area (Å²) in [6.45, 7) is 1.47. The first-order chi connectivity index (χ1) is 52.5. The van der Waals surface area contributed by atoms with Crippen molar-refractivity contribution in [3.05, 3.63) is 20.9 Å². The van der Waals surface area contributed by atoms with Crippen molar-refractivity contribution in [3.63, 3.8) is 0 Å². The quantitative estimate of drug-likeness (QED) is 0.0191. The van der Waals surface area contributed by atoms with Gasteiger partial charge in [-0.3, -0.25) is 47.9 Å². The molecule has 0 amide bonds. The Kier molecular flexibility index (Phi) is 32.0. The SMILES string of the molecule is CC(=O)OCC1O[C@H]2O[C@@H]3C(CO)OC(O[C@@H]4C(CN=[N+]=[N-])O[C@@H](O[C@@H]5C(CO)O[C@H](O[C@@H]6C(COC(C)=O)O[C@H](O[C@@H]7C(COC(C)=O)O[C@H](O[C@@H]8C(CN=[N+]=[N-])O[C@H](O[C@H]1C(O)[C@@H]2O)C(O)[C@H]8O)C(O)[C@H]7O)[C@@H](OC(C)=O)C6O)[C@@H](OC(C)=O)C5OC(C)=O)[C@@H](OC(C)=O)C4OC(C)=O)C(OC(C)=O)[C@H]3OC(C)=O. The second-order valence-electron chi connectivity index (χ2n) is 26.1. The molecule has 0 radical (unpaired) electrons. The Labute approximate surface area is 627 Å². The van der Waals surface area contributed by atoms with Gasteiger partial charge in [-0.2, -0.15) is 0 Å². The molecule has 624 valence electrons. The molecule has 0 aromatic rings. The average molecular weight is 1610 g/mol. The van der Waals surface area contributed by atoms with Crippen LogP contribution >= 0.6 is 0 Å². The third kappa shape index (κ3) is 22.2.